The fourth-order valence-corrected chi connectivity index (χ4v) is 5.58. The van der Waals surface area contributed by atoms with Crippen LogP contribution in [0.25, 0.3) is 0 Å². The van der Waals surface area contributed by atoms with Crippen molar-refractivity contribution in [3.63, 3.8) is 0 Å². The van der Waals surface area contributed by atoms with Gasteiger partial charge in [-0.15, -0.1) is 0 Å². The van der Waals surface area contributed by atoms with E-state index >= 15 is 0 Å². The predicted octanol–water partition coefficient (Wildman–Crippen LogP) is 6.09. The Kier molecular flexibility index (Phi) is 9.89. The maximum absolute atomic E-state index is 13.8. The molecule has 0 aliphatic carbocycles. The van der Waals surface area contributed by atoms with E-state index in [9.17, 15) is 9.65 Å². The standard InChI is InChI=1S/C29H34Cl2FN7/c1-17(2)38-29(5)15-39(16-29)28-21(11-33)9-22(12-37-28)27(35)19(4)25(34)7-6-20(10-32)8-18(3)26-23(30)13-36-14-24(26)31/h6-7,9,12-14,17-18,35,38H,4,8,10,15-16,34H2,1-3,5H3/b20-6-,25-7+,35-27?/t18-/m0/s1. The Hall–Kier alpha value is -3.25. The van der Waals surface area contributed by atoms with Gasteiger partial charge in [-0.3, -0.25) is 10.4 Å². The zero-order valence-electron chi connectivity index (χ0n) is 22.7. The van der Waals surface area contributed by atoms with E-state index < -0.39 is 6.67 Å². The van der Waals surface area contributed by atoms with E-state index in [1.54, 1.807) is 18.3 Å². The zero-order chi connectivity index (χ0) is 28.9. The van der Waals surface area contributed by atoms with E-state index in [1.807, 2.05) is 11.8 Å². The molecule has 206 valence electrons. The Balaban J connectivity index is 1.72. The Bertz CT molecular complexity index is 1330. The van der Waals surface area contributed by atoms with E-state index in [0.29, 0.717) is 50.6 Å². The van der Waals surface area contributed by atoms with Crippen molar-refractivity contribution in [2.45, 2.75) is 51.6 Å². The molecule has 2 aromatic heterocycles. The number of nitriles is 1. The summed E-state index contributed by atoms with van der Waals surface area (Å²) in [5, 5.41) is 22.7. The van der Waals surface area contributed by atoms with E-state index in [4.69, 9.17) is 34.3 Å². The Morgan fingerprint density at radius 1 is 1.28 bits per heavy atom. The molecule has 7 nitrogen and oxygen atoms in total. The van der Waals surface area contributed by atoms with Crippen LogP contribution in [0, 0.1) is 16.7 Å². The zero-order valence-corrected chi connectivity index (χ0v) is 24.2. The number of nitrogens with one attached hydrogen (secondary N) is 2. The minimum atomic E-state index is -0.683. The molecule has 1 aliphatic rings. The van der Waals surface area contributed by atoms with E-state index in [2.05, 4.69) is 48.7 Å². The second kappa shape index (κ2) is 12.7. The summed E-state index contributed by atoms with van der Waals surface area (Å²) in [7, 11) is 0. The smallest absolute Gasteiger partial charge is 0.146 e. The molecule has 2 aromatic rings. The molecule has 3 heterocycles. The summed E-state index contributed by atoms with van der Waals surface area (Å²) in [6, 6.07) is 4.17. The molecule has 0 aromatic carbocycles. The largest absolute Gasteiger partial charge is 0.398 e. The van der Waals surface area contributed by atoms with Crippen molar-refractivity contribution < 1.29 is 4.39 Å². The lowest BCUT2D eigenvalue weighted by molar-refractivity contribution is 0.260. The molecule has 0 unspecified atom stereocenters. The first-order chi connectivity index (χ1) is 18.4. The van der Waals surface area contributed by atoms with Crippen LogP contribution in [0.4, 0.5) is 10.2 Å². The Morgan fingerprint density at radius 2 is 1.92 bits per heavy atom. The molecule has 1 aliphatic heterocycles. The van der Waals surface area contributed by atoms with Crippen LogP contribution in [0.3, 0.4) is 0 Å². The van der Waals surface area contributed by atoms with Crippen molar-refractivity contribution in [2.75, 3.05) is 24.7 Å². The van der Waals surface area contributed by atoms with Crippen LogP contribution >= 0.6 is 23.2 Å². The molecule has 10 heteroatoms. The lowest BCUT2D eigenvalue weighted by Gasteiger charge is -2.50. The van der Waals surface area contributed by atoms with Crippen molar-refractivity contribution in [3.05, 3.63) is 87.0 Å². The Morgan fingerprint density at radius 3 is 2.49 bits per heavy atom. The third-order valence-electron chi connectivity index (χ3n) is 6.56. The van der Waals surface area contributed by atoms with Gasteiger partial charge in [0.25, 0.3) is 0 Å². The summed E-state index contributed by atoms with van der Waals surface area (Å²) >= 11 is 12.5. The highest BCUT2D eigenvalue weighted by Crippen LogP contribution is 2.34. The number of allylic oxidation sites excluding steroid dienone is 4. The van der Waals surface area contributed by atoms with E-state index in [1.165, 1.54) is 18.5 Å². The van der Waals surface area contributed by atoms with Crippen LogP contribution in [0.1, 0.15) is 56.7 Å². The molecule has 0 bridgehead atoms. The fraction of sp³-hybridized carbons (Fsp3) is 0.379. The van der Waals surface area contributed by atoms with Crippen molar-refractivity contribution in [3.8, 4) is 6.07 Å². The third kappa shape index (κ3) is 7.24. The topological polar surface area (TPSA) is 115 Å². The predicted molar refractivity (Wildman–Crippen MR) is 157 cm³/mol. The average Bonchev–Trinajstić information content (AvgIpc) is 2.87. The lowest BCUT2D eigenvalue weighted by atomic mass is 9.90. The van der Waals surface area contributed by atoms with Gasteiger partial charge in [0.05, 0.1) is 26.9 Å². The molecular weight excluding hydrogens is 536 g/mol. The highest BCUT2D eigenvalue weighted by atomic mass is 35.5. The first-order valence-corrected chi connectivity index (χ1v) is 13.4. The molecule has 3 rings (SSSR count). The number of nitrogens with zero attached hydrogens (tertiary/aromatic N) is 4. The maximum Gasteiger partial charge on any atom is 0.146 e. The highest BCUT2D eigenvalue weighted by molar-refractivity contribution is 6.35. The normalized spacial score (nSPS) is 16.0. The molecule has 0 spiro atoms. The minimum Gasteiger partial charge on any atom is -0.398 e. The number of alkyl halides is 1. The second-order valence-electron chi connectivity index (χ2n) is 10.5. The molecule has 1 fully saturated rings. The summed E-state index contributed by atoms with van der Waals surface area (Å²) in [4.78, 5) is 10.5. The van der Waals surface area contributed by atoms with Gasteiger partial charge in [-0.05, 0) is 42.5 Å². The molecule has 1 saturated heterocycles. The van der Waals surface area contributed by atoms with Crippen molar-refractivity contribution in [2.24, 2.45) is 5.73 Å². The van der Waals surface area contributed by atoms with Crippen LogP contribution < -0.4 is 16.0 Å². The number of pyridine rings is 2. The van der Waals surface area contributed by atoms with Crippen LogP contribution in [0.5, 0.6) is 0 Å². The van der Waals surface area contributed by atoms with Crippen molar-refractivity contribution in [1.29, 1.82) is 10.7 Å². The van der Waals surface area contributed by atoms with E-state index in [-0.39, 0.29) is 28.4 Å². The Labute approximate surface area is 239 Å². The number of halogens is 3. The SMILES string of the molecule is C=C(C(=N)c1cnc(N2CC(C)(NC(C)C)C2)c(C#N)c1)/C(N)=C\C=C(/CF)C[C@H](C)c1c(Cl)cncc1Cl. The van der Waals surface area contributed by atoms with Crippen LogP contribution in [-0.2, 0) is 0 Å². The van der Waals surface area contributed by atoms with Crippen LogP contribution in [0.2, 0.25) is 10.0 Å². The molecule has 0 saturated carbocycles. The molecule has 39 heavy (non-hydrogen) atoms. The van der Waals surface area contributed by atoms with E-state index in [0.717, 1.165) is 13.1 Å². The van der Waals surface area contributed by atoms with Gasteiger partial charge in [0.1, 0.15) is 18.6 Å². The van der Waals surface area contributed by atoms with Crippen molar-refractivity contribution in [1.82, 2.24) is 15.3 Å². The number of nitrogens with two attached hydrogens (primary N) is 1. The average molecular weight is 571 g/mol. The number of hydrogen-bond donors (Lipinski definition) is 3. The van der Waals surface area contributed by atoms with Gasteiger partial charge in [-0.1, -0.05) is 56.6 Å². The second-order valence-corrected chi connectivity index (χ2v) is 11.3. The first-order valence-electron chi connectivity index (χ1n) is 12.6. The molecule has 1 atom stereocenters. The maximum atomic E-state index is 13.8. The minimum absolute atomic E-state index is 0.0353. The lowest BCUT2D eigenvalue weighted by Crippen LogP contribution is -2.69. The van der Waals surface area contributed by atoms with Gasteiger partial charge in [-0.25, -0.2) is 9.37 Å². The van der Waals surface area contributed by atoms with Gasteiger partial charge < -0.3 is 16.0 Å². The summed E-state index contributed by atoms with van der Waals surface area (Å²) in [6.07, 6.45) is 8.05. The van der Waals surface area contributed by atoms with Crippen LogP contribution in [0.15, 0.2) is 60.2 Å². The fourth-order valence-electron chi connectivity index (χ4n) is 4.84. The molecular formula is C29H34Cl2FN7. The molecule has 0 amide bonds. The van der Waals surface area contributed by atoms with Gasteiger partial charge in [0.2, 0.25) is 0 Å². The number of anilines is 1. The van der Waals surface area contributed by atoms with Crippen LogP contribution in [-0.4, -0.2) is 47.0 Å². The summed E-state index contributed by atoms with van der Waals surface area (Å²) in [5.41, 5.74) is 8.64. The molecule has 0 radical (unpaired) electrons. The van der Waals surface area contributed by atoms with Gasteiger partial charge >= 0.3 is 0 Å². The van der Waals surface area contributed by atoms with Crippen molar-refractivity contribution >= 4 is 34.7 Å². The number of aromatic nitrogens is 2. The first kappa shape index (κ1) is 30.3. The van der Waals surface area contributed by atoms with Gasteiger partial charge in [0.15, 0.2) is 0 Å². The molecule has 4 N–H and O–H groups in total. The van der Waals surface area contributed by atoms with Gasteiger partial charge in [0, 0.05) is 54.6 Å². The highest BCUT2D eigenvalue weighted by Gasteiger charge is 2.40. The number of rotatable bonds is 11. The summed E-state index contributed by atoms with van der Waals surface area (Å²) in [6.45, 7) is 13.0. The van der Waals surface area contributed by atoms with Gasteiger partial charge in [-0.2, -0.15) is 5.26 Å². The quantitative estimate of drug-likeness (QED) is 0.223. The third-order valence-corrected chi connectivity index (χ3v) is 7.17. The monoisotopic (exact) mass is 569 g/mol. The summed E-state index contributed by atoms with van der Waals surface area (Å²) in [5.74, 6) is 0.441. The summed E-state index contributed by atoms with van der Waals surface area (Å²) < 4.78 is 13.8. The number of hydrogen-bond acceptors (Lipinski definition) is 7.